The van der Waals surface area contributed by atoms with E-state index >= 15 is 0 Å². The number of nitrogens with zero attached hydrogens (tertiary/aromatic N) is 1. The van der Waals surface area contributed by atoms with Gasteiger partial charge in [-0.1, -0.05) is 13.0 Å². The van der Waals surface area contributed by atoms with Crippen molar-refractivity contribution < 1.29 is 19.1 Å². The van der Waals surface area contributed by atoms with Crippen LogP contribution in [0.2, 0.25) is 0 Å². The molecule has 2 aliphatic heterocycles. The van der Waals surface area contributed by atoms with Gasteiger partial charge in [-0.15, -0.1) is 12.4 Å². The predicted octanol–water partition coefficient (Wildman–Crippen LogP) is 0.846. The molecule has 130 valence electrons. The van der Waals surface area contributed by atoms with E-state index < -0.39 is 12.0 Å². The molecule has 3 N–H and O–H groups in total. The minimum atomic E-state index is -0.841. The second kappa shape index (κ2) is 7.19. The van der Waals surface area contributed by atoms with Crippen molar-refractivity contribution >= 4 is 41.5 Å². The normalized spacial score (nSPS) is 23.1. The van der Waals surface area contributed by atoms with Crippen LogP contribution in [0, 0.1) is 5.92 Å². The molecule has 1 fully saturated rings. The molecule has 3 rings (SSSR count). The fourth-order valence-electron chi connectivity index (χ4n) is 2.93. The molecule has 0 spiro atoms. The Kier molecular flexibility index (Phi) is 5.46. The summed E-state index contributed by atoms with van der Waals surface area (Å²) < 4.78 is 5.33. The summed E-state index contributed by atoms with van der Waals surface area (Å²) in [6, 6.07) is 5.57. The summed E-state index contributed by atoms with van der Waals surface area (Å²) in [6.45, 7) is 2.62. The van der Waals surface area contributed by atoms with E-state index in [9.17, 15) is 14.4 Å². The molecule has 1 saturated heterocycles. The molecule has 0 saturated carbocycles. The van der Waals surface area contributed by atoms with Crippen LogP contribution in [0.1, 0.15) is 18.9 Å². The van der Waals surface area contributed by atoms with Crippen LogP contribution in [-0.2, 0) is 25.5 Å². The lowest BCUT2D eigenvalue weighted by Crippen LogP contribution is -2.49. The van der Waals surface area contributed by atoms with E-state index in [-0.39, 0.29) is 36.6 Å². The summed E-state index contributed by atoms with van der Waals surface area (Å²) >= 11 is 0. The molecule has 2 heterocycles. The molecule has 0 aromatic heterocycles. The molecular weight excluding hydrogens is 334 g/mol. The number of carbonyl (C=O) groups excluding carboxylic acids is 3. The van der Waals surface area contributed by atoms with Gasteiger partial charge in [0, 0.05) is 23.8 Å². The Bertz CT molecular complexity index is 679. The molecule has 1 aromatic carbocycles. The maximum atomic E-state index is 12.5. The van der Waals surface area contributed by atoms with E-state index in [0.717, 1.165) is 11.3 Å². The lowest BCUT2D eigenvalue weighted by atomic mass is 9.94. The second-order valence-corrected chi connectivity index (χ2v) is 5.96. The van der Waals surface area contributed by atoms with Crippen LogP contribution in [0.5, 0.6) is 0 Å². The Balaban J connectivity index is 0.00000208. The number of morpholine rings is 1. The average Bonchev–Trinajstić information content (AvgIpc) is 2.50. The number of amides is 3. The van der Waals surface area contributed by atoms with Gasteiger partial charge in [-0.2, -0.15) is 0 Å². The molecule has 1 aromatic rings. The molecule has 0 radical (unpaired) electrons. The smallest absolute Gasteiger partial charge is 0.256 e. The predicted molar refractivity (Wildman–Crippen MR) is 91.1 cm³/mol. The van der Waals surface area contributed by atoms with E-state index in [1.165, 1.54) is 0 Å². The van der Waals surface area contributed by atoms with E-state index in [4.69, 9.17) is 10.5 Å². The van der Waals surface area contributed by atoms with E-state index in [1.807, 2.05) is 19.1 Å². The highest BCUT2D eigenvalue weighted by Crippen LogP contribution is 2.31. The molecule has 24 heavy (non-hydrogen) atoms. The van der Waals surface area contributed by atoms with Crippen molar-refractivity contribution in [3.8, 4) is 0 Å². The lowest BCUT2D eigenvalue weighted by Gasteiger charge is -2.33. The zero-order chi connectivity index (χ0) is 16.6. The number of hydrogen-bond acceptors (Lipinski definition) is 4. The Labute approximate surface area is 145 Å². The van der Waals surface area contributed by atoms with Gasteiger partial charge in [0.25, 0.3) is 5.91 Å². The maximum Gasteiger partial charge on any atom is 0.256 e. The third kappa shape index (κ3) is 3.52. The van der Waals surface area contributed by atoms with Gasteiger partial charge in [0.1, 0.15) is 6.10 Å². The topological polar surface area (TPSA) is 102 Å². The fourth-order valence-corrected chi connectivity index (χ4v) is 2.93. The second-order valence-electron chi connectivity index (χ2n) is 5.96. The first-order chi connectivity index (χ1) is 11.0. The summed E-state index contributed by atoms with van der Waals surface area (Å²) in [6.07, 6.45) is -0.288. The molecule has 8 heteroatoms. The van der Waals surface area contributed by atoms with Gasteiger partial charge >= 0.3 is 0 Å². The zero-order valence-electron chi connectivity index (χ0n) is 13.3. The first kappa shape index (κ1) is 18.2. The summed E-state index contributed by atoms with van der Waals surface area (Å²) in [5, 5.41) is 2.87. The van der Waals surface area contributed by atoms with Crippen LogP contribution in [0.4, 0.5) is 11.4 Å². The average molecular weight is 354 g/mol. The van der Waals surface area contributed by atoms with Gasteiger partial charge in [0.2, 0.25) is 11.8 Å². The number of hydrogen-bond donors (Lipinski definition) is 2. The Hall–Kier alpha value is -2.12. The van der Waals surface area contributed by atoms with Gasteiger partial charge in [-0.3, -0.25) is 14.4 Å². The summed E-state index contributed by atoms with van der Waals surface area (Å²) in [5.41, 5.74) is 7.62. The largest absolute Gasteiger partial charge is 0.370 e. The molecule has 1 unspecified atom stereocenters. The minimum Gasteiger partial charge on any atom is -0.370 e. The monoisotopic (exact) mass is 353 g/mol. The van der Waals surface area contributed by atoms with Gasteiger partial charge in [0.05, 0.1) is 13.0 Å². The number of nitrogens with two attached hydrogens (primary N) is 1. The fraction of sp³-hybridized carbons (Fsp3) is 0.438. The molecule has 7 nitrogen and oxygen atoms in total. The van der Waals surface area contributed by atoms with Crippen molar-refractivity contribution in [2.75, 3.05) is 23.4 Å². The highest BCUT2D eigenvalue weighted by atomic mass is 35.5. The number of ether oxygens (including phenoxy) is 1. The summed E-state index contributed by atoms with van der Waals surface area (Å²) in [4.78, 5) is 36.9. The first-order valence-electron chi connectivity index (χ1n) is 7.61. The first-order valence-corrected chi connectivity index (χ1v) is 7.61. The lowest BCUT2D eigenvalue weighted by molar-refractivity contribution is -0.138. The maximum absolute atomic E-state index is 12.5. The number of rotatable bonds is 3. The van der Waals surface area contributed by atoms with Gasteiger partial charge in [-0.05, 0) is 24.1 Å². The number of fused-ring (bicyclic) bond motifs is 1. The Morgan fingerprint density at radius 2 is 2.17 bits per heavy atom. The molecule has 0 aliphatic carbocycles. The minimum absolute atomic E-state index is 0. The summed E-state index contributed by atoms with van der Waals surface area (Å²) in [7, 11) is 0. The highest BCUT2D eigenvalue weighted by Gasteiger charge is 2.32. The van der Waals surface area contributed by atoms with Crippen molar-refractivity contribution in [1.82, 2.24) is 0 Å². The van der Waals surface area contributed by atoms with Crippen molar-refractivity contribution in [3.05, 3.63) is 23.8 Å². The number of nitrogens with one attached hydrogen (secondary N) is 1. The highest BCUT2D eigenvalue weighted by molar-refractivity contribution is 6.01. The molecule has 0 bridgehead atoms. The number of carbonyl (C=O) groups is 3. The van der Waals surface area contributed by atoms with Gasteiger partial charge in [-0.25, -0.2) is 0 Å². The van der Waals surface area contributed by atoms with E-state index in [1.54, 1.807) is 11.0 Å². The van der Waals surface area contributed by atoms with Crippen LogP contribution in [0.3, 0.4) is 0 Å². The van der Waals surface area contributed by atoms with Crippen molar-refractivity contribution in [2.45, 2.75) is 25.9 Å². The number of anilines is 2. The van der Waals surface area contributed by atoms with Crippen molar-refractivity contribution in [1.29, 1.82) is 0 Å². The third-order valence-corrected chi connectivity index (χ3v) is 4.20. The van der Waals surface area contributed by atoms with E-state index in [2.05, 4.69) is 5.32 Å². The van der Waals surface area contributed by atoms with Crippen LogP contribution in [0.25, 0.3) is 0 Å². The van der Waals surface area contributed by atoms with E-state index in [0.29, 0.717) is 25.3 Å². The number of benzene rings is 1. The quantitative estimate of drug-likeness (QED) is 0.840. The van der Waals surface area contributed by atoms with Crippen LogP contribution in [0.15, 0.2) is 18.2 Å². The Morgan fingerprint density at radius 1 is 1.42 bits per heavy atom. The third-order valence-electron chi connectivity index (χ3n) is 4.20. The Morgan fingerprint density at radius 3 is 2.88 bits per heavy atom. The molecule has 2 atom stereocenters. The van der Waals surface area contributed by atoms with Crippen LogP contribution in [-0.4, -0.2) is 37.0 Å². The van der Waals surface area contributed by atoms with Crippen molar-refractivity contribution in [2.24, 2.45) is 11.7 Å². The molecular formula is C16H20ClN3O4. The van der Waals surface area contributed by atoms with Crippen LogP contribution >= 0.6 is 12.4 Å². The number of primary amides is 1. The van der Waals surface area contributed by atoms with Crippen LogP contribution < -0.4 is 16.0 Å². The standard InChI is InChI=1S/C16H19N3O4.ClH/c1-9-6-10-2-3-11(7-12(10)18-15(9)21)19-4-5-23-13(16(19)22)8-14(17)20;/h2-3,7,9,13H,4-6,8H2,1H3,(H2,17,20)(H,18,21);1H/t9?,13-;/m1./s1. The number of halogens is 1. The zero-order valence-corrected chi connectivity index (χ0v) is 14.1. The van der Waals surface area contributed by atoms with Crippen molar-refractivity contribution in [3.63, 3.8) is 0 Å². The molecule has 2 aliphatic rings. The molecule has 3 amide bonds. The van der Waals surface area contributed by atoms with Gasteiger partial charge in [0.15, 0.2) is 0 Å². The van der Waals surface area contributed by atoms with Gasteiger partial charge < -0.3 is 20.7 Å². The summed E-state index contributed by atoms with van der Waals surface area (Å²) in [5.74, 6) is -0.935. The SMILES string of the molecule is CC1Cc2ccc(N3CCO[C@H](CC(N)=O)C3=O)cc2NC1=O.Cl.